The molecule has 0 atom stereocenters. The molecule has 0 saturated carbocycles. The molecule has 0 aliphatic carbocycles. The van der Waals surface area contributed by atoms with E-state index in [0.29, 0.717) is 36.5 Å². The summed E-state index contributed by atoms with van der Waals surface area (Å²) in [4.78, 5) is 34.3. The standard InChI is InChI=1S/C19H17N5O3/c1-11-15(16(27-23-11)12-5-3-2-4-6-12)19(26)24-8-7-14-13(10-24)9-21-18(22-14)17(20)25/h2-6,9H,7-8,10H2,1H3,(H2,20,25). The second kappa shape index (κ2) is 6.64. The highest BCUT2D eigenvalue weighted by atomic mass is 16.5. The van der Waals surface area contributed by atoms with E-state index in [1.165, 1.54) is 0 Å². The molecular weight excluding hydrogens is 346 g/mol. The summed E-state index contributed by atoms with van der Waals surface area (Å²) in [5.41, 5.74) is 8.58. The minimum Gasteiger partial charge on any atom is -0.363 e. The van der Waals surface area contributed by atoms with E-state index in [4.69, 9.17) is 10.3 Å². The van der Waals surface area contributed by atoms with Gasteiger partial charge in [0.1, 0.15) is 5.56 Å². The van der Waals surface area contributed by atoms with Crippen molar-refractivity contribution in [2.75, 3.05) is 6.54 Å². The fourth-order valence-corrected chi connectivity index (χ4v) is 3.17. The van der Waals surface area contributed by atoms with E-state index in [9.17, 15) is 9.59 Å². The van der Waals surface area contributed by atoms with Gasteiger partial charge in [-0.2, -0.15) is 0 Å². The minimum atomic E-state index is -0.663. The summed E-state index contributed by atoms with van der Waals surface area (Å²) in [7, 11) is 0. The fourth-order valence-electron chi connectivity index (χ4n) is 3.17. The summed E-state index contributed by atoms with van der Waals surface area (Å²) in [5, 5.41) is 3.99. The Hall–Kier alpha value is -3.55. The molecule has 0 fully saturated rings. The van der Waals surface area contributed by atoms with E-state index >= 15 is 0 Å². The van der Waals surface area contributed by atoms with Crippen LogP contribution in [0.2, 0.25) is 0 Å². The molecule has 0 spiro atoms. The van der Waals surface area contributed by atoms with Gasteiger partial charge in [-0.1, -0.05) is 35.5 Å². The Morgan fingerprint density at radius 3 is 2.74 bits per heavy atom. The van der Waals surface area contributed by atoms with E-state index in [1.54, 1.807) is 18.0 Å². The zero-order valence-corrected chi connectivity index (χ0v) is 14.7. The number of nitrogens with zero attached hydrogens (tertiary/aromatic N) is 4. The van der Waals surface area contributed by atoms with Crippen LogP contribution in [0.25, 0.3) is 11.3 Å². The molecule has 8 heteroatoms. The van der Waals surface area contributed by atoms with Gasteiger partial charge in [0.2, 0.25) is 5.82 Å². The first-order chi connectivity index (χ1) is 13.0. The van der Waals surface area contributed by atoms with Crippen LogP contribution in [0.4, 0.5) is 0 Å². The van der Waals surface area contributed by atoms with Crippen molar-refractivity contribution >= 4 is 11.8 Å². The predicted molar refractivity (Wildman–Crippen MR) is 95.7 cm³/mol. The molecule has 2 amide bonds. The summed E-state index contributed by atoms with van der Waals surface area (Å²) in [6, 6.07) is 9.41. The van der Waals surface area contributed by atoms with Crippen LogP contribution in [0.5, 0.6) is 0 Å². The van der Waals surface area contributed by atoms with Gasteiger partial charge in [-0.3, -0.25) is 9.59 Å². The van der Waals surface area contributed by atoms with Gasteiger partial charge in [-0.25, -0.2) is 9.97 Å². The number of aromatic nitrogens is 3. The van der Waals surface area contributed by atoms with Crippen LogP contribution in [0.15, 0.2) is 41.1 Å². The number of carbonyl (C=O) groups is 2. The van der Waals surface area contributed by atoms with E-state index < -0.39 is 5.91 Å². The monoisotopic (exact) mass is 363 g/mol. The Morgan fingerprint density at radius 1 is 1.22 bits per heavy atom. The van der Waals surface area contributed by atoms with Crippen molar-refractivity contribution in [3.63, 3.8) is 0 Å². The van der Waals surface area contributed by atoms with E-state index in [0.717, 1.165) is 16.8 Å². The molecule has 136 valence electrons. The Balaban J connectivity index is 1.64. The predicted octanol–water partition coefficient (Wildman–Crippen LogP) is 1.74. The summed E-state index contributed by atoms with van der Waals surface area (Å²) in [6.45, 7) is 2.58. The molecule has 3 heterocycles. The lowest BCUT2D eigenvalue weighted by Crippen LogP contribution is -2.37. The van der Waals surface area contributed by atoms with Crippen LogP contribution in [0.1, 0.15) is 37.9 Å². The third-order valence-corrected chi connectivity index (χ3v) is 4.55. The first-order valence-corrected chi connectivity index (χ1v) is 8.50. The number of amides is 2. The first kappa shape index (κ1) is 16.9. The molecule has 1 aliphatic rings. The van der Waals surface area contributed by atoms with Gasteiger partial charge in [0, 0.05) is 36.8 Å². The maximum atomic E-state index is 13.2. The van der Waals surface area contributed by atoms with Gasteiger partial charge in [0.05, 0.1) is 11.4 Å². The minimum absolute atomic E-state index is 0.00484. The molecule has 4 rings (SSSR count). The first-order valence-electron chi connectivity index (χ1n) is 8.50. The third kappa shape index (κ3) is 3.05. The molecule has 2 aromatic heterocycles. The number of carbonyl (C=O) groups excluding carboxylic acids is 2. The van der Waals surface area contributed by atoms with Gasteiger partial charge < -0.3 is 15.2 Å². The van der Waals surface area contributed by atoms with Crippen molar-refractivity contribution < 1.29 is 14.1 Å². The topological polar surface area (TPSA) is 115 Å². The maximum absolute atomic E-state index is 13.2. The van der Waals surface area contributed by atoms with Crippen LogP contribution in [-0.4, -0.2) is 38.4 Å². The third-order valence-electron chi connectivity index (χ3n) is 4.55. The lowest BCUT2D eigenvalue weighted by molar-refractivity contribution is 0.0732. The molecule has 1 aromatic carbocycles. The number of fused-ring (bicyclic) bond motifs is 1. The highest BCUT2D eigenvalue weighted by Gasteiger charge is 2.29. The number of benzene rings is 1. The van der Waals surface area contributed by atoms with E-state index in [1.807, 2.05) is 30.3 Å². The van der Waals surface area contributed by atoms with Crippen molar-refractivity contribution in [2.45, 2.75) is 19.9 Å². The Kier molecular flexibility index (Phi) is 4.15. The van der Waals surface area contributed by atoms with Crippen molar-refractivity contribution in [3.05, 3.63) is 64.9 Å². The summed E-state index contributed by atoms with van der Waals surface area (Å²) >= 11 is 0. The highest BCUT2D eigenvalue weighted by Crippen LogP contribution is 2.28. The molecule has 0 unspecified atom stereocenters. The van der Waals surface area contributed by atoms with Crippen molar-refractivity contribution in [1.29, 1.82) is 0 Å². The molecule has 1 aliphatic heterocycles. The Morgan fingerprint density at radius 2 is 2.00 bits per heavy atom. The van der Waals surface area contributed by atoms with Gasteiger partial charge in [-0.15, -0.1) is 0 Å². The van der Waals surface area contributed by atoms with Crippen LogP contribution in [0, 0.1) is 6.92 Å². The summed E-state index contributed by atoms with van der Waals surface area (Å²) < 4.78 is 5.43. The normalized spacial score (nSPS) is 13.3. The Labute approximate surface area is 155 Å². The largest absolute Gasteiger partial charge is 0.363 e. The molecule has 0 radical (unpaired) electrons. The smallest absolute Gasteiger partial charge is 0.286 e. The average Bonchev–Trinajstić information content (AvgIpc) is 3.08. The van der Waals surface area contributed by atoms with E-state index in [-0.39, 0.29) is 11.7 Å². The number of rotatable bonds is 3. The van der Waals surface area contributed by atoms with Crippen LogP contribution < -0.4 is 5.73 Å². The molecule has 8 nitrogen and oxygen atoms in total. The quantitative estimate of drug-likeness (QED) is 0.758. The second-order valence-electron chi connectivity index (χ2n) is 6.34. The highest BCUT2D eigenvalue weighted by molar-refractivity contribution is 6.00. The molecule has 0 bridgehead atoms. The number of hydrogen-bond acceptors (Lipinski definition) is 6. The second-order valence-corrected chi connectivity index (χ2v) is 6.34. The SMILES string of the molecule is Cc1noc(-c2ccccc2)c1C(=O)N1CCc2nc(C(N)=O)ncc2C1. The van der Waals surface area contributed by atoms with Gasteiger partial charge in [0.15, 0.2) is 5.76 Å². The van der Waals surface area contributed by atoms with E-state index in [2.05, 4.69) is 15.1 Å². The lowest BCUT2D eigenvalue weighted by Gasteiger charge is -2.28. The molecule has 3 aromatic rings. The average molecular weight is 363 g/mol. The summed E-state index contributed by atoms with van der Waals surface area (Å²) in [5.74, 6) is -0.361. The van der Waals surface area contributed by atoms with Gasteiger partial charge in [-0.05, 0) is 6.92 Å². The molecule has 0 saturated heterocycles. The maximum Gasteiger partial charge on any atom is 0.286 e. The fraction of sp³-hybridized carbons (Fsp3) is 0.211. The molecule has 2 N–H and O–H groups in total. The summed E-state index contributed by atoms with van der Waals surface area (Å²) in [6.07, 6.45) is 2.08. The Bertz CT molecular complexity index is 1030. The molecule has 27 heavy (non-hydrogen) atoms. The van der Waals surface area contributed by atoms with Gasteiger partial charge in [0.25, 0.3) is 11.8 Å². The van der Waals surface area contributed by atoms with Crippen molar-refractivity contribution in [2.24, 2.45) is 5.73 Å². The van der Waals surface area contributed by atoms with Crippen LogP contribution in [0.3, 0.4) is 0 Å². The van der Waals surface area contributed by atoms with Crippen LogP contribution in [-0.2, 0) is 13.0 Å². The zero-order chi connectivity index (χ0) is 19.0. The van der Waals surface area contributed by atoms with Crippen molar-refractivity contribution in [1.82, 2.24) is 20.0 Å². The zero-order valence-electron chi connectivity index (χ0n) is 14.7. The number of aryl methyl sites for hydroxylation is 1. The number of primary amides is 1. The number of hydrogen-bond donors (Lipinski definition) is 1. The van der Waals surface area contributed by atoms with Crippen molar-refractivity contribution in [3.8, 4) is 11.3 Å². The number of nitrogens with two attached hydrogens (primary N) is 1. The lowest BCUT2D eigenvalue weighted by atomic mass is 10.0. The van der Waals surface area contributed by atoms with Crippen LogP contribution >= 0.6 is 0 Å². The molecular formula is C19H17N5O3. The van der Waals surface area contributed by atoms with Gasteiger partial charge >= 0.3 is 0 Å².